The summed E-state index contributed by atoms with van der Waals surface area (Å²) < 4.78 is 5.59. The fourth-order valence-electron chi connectivity index (χ4n) is 4.13. The number of carbonyl (C=O) groups excluding carboxylic acids is 1. The molecule has 2 aromatic rings. The quantitative estimate of drug-likeness (QED) is 0.934. The summed E-state index contributed by atoms with van der Waals surface area (Å²) in [5.74, 6) is 0.757. The first-order chi connectivity index (χ1) is 12.2. The molecule has 25 heavy (non-hydrogen) atoms. The van der Waals surface area contributed by atoms with Crippen molar-refractivity contribution in [2.24, 2.45) is 0 Å². The van der Waals surface area contributed by atoms with Crippen molar-refractivity contribution < 1.29 is 9.21 Å². The molecule has 1 N–H and O–H groups in total. The van der Waals surface area contributed by atoms with E-state index in [1.54, 1.807) is 6.26 Å². The number of benzene rings is 1. The van der Waals surface area contributed by atoms with Crippen LogP contribution in [0, 0.1) is 0 Å². The maximum Gasteiger partial charge on any atom is 0.318 e. The molecule has 0 radical (unpaired) electrons. The Balaban J connectivity index is 1.51. The van der Waals surface area contributed by atoms with E-state index in [1.807, 2.05) is 47.4 Å². The summed E-state index contributed by atoms with van der Waals surface area (Å²) >= 11 is 0. The molecule has 2 bridgehead atoms. The maximum atomic E-state index is 13.0. The van der Waals surface area contributed by atoms with Crippen LogP contribution in [0.5, 0.6) is 0 Å². The molecular formula is C20H25N3O2. The van der Waals surface area contributed by atoms with E-state index in [-0.39, 0.29) is 12.1 Å². The number of furan rings is 1. The average molecular weight is 339 g/mol. The number of nitrogens with one attached hydrogen (secondary N) is 1. The summed E-state index contributed by atoms with van der Waals surface area (Å²) in [6, 6.07) is 14.6. The molecule has 3 heterocycles. The third-order valence-corrected chi connectivity index (χ3v) is 5.66. The van der Waals surface area contributed by atoms with Gasteiger partial charge in [-0.1, -0.05) is 30.3 Å². The maximum absolute atomic E-state index is 13.0. The van der Waals surface area contributed by atoms with Gasteiger partial charge >= 0.3 is 6.03 Å². The van der Waals surface area contributed by atoms with Crippen LogP contribution in [0.4, 0.5) is 4.79 Å². The van der Waals surface area contributed by atoms with E-state index < -0.39 is 0 Å². The minimum Gasteiger partial charge on any atom is -0.467 e. The Kier molecular flexibility index (Phi) is 4.49. The van der Waals surface area contributed by atoms with E-state index in [1.165, 1.54) is 12.8 Å². The highest BCUT2D eigenvalue weighted by Gasteiger charge is 2.36. The van der Waals surface area contributed by atoms with Crippen LogP contribution < -0.4 is 5.32 Å². The van der Waals surface area contributed by atoms with Gasteiger partial charge in [0.2, 0.25) is 0 Å². The number of hydrogen-bond donors (Lipinski definition) is 1. The van der Waals surface area contributed by atoms with Crippen LogP contribution >= 0.6 is 0 Å². The molecule has 0 spiro atoms. The van der Waals surface area contributed by atoms with Gasteiger partial charge in [0.05, 0.1) is 6.26 Å². The summed E-state index contributed by atoms with van der Waals surface area (Å²) in [5, 5.41) is 3.18. The Morgan fingerprint density at radius 2 is 1.92 bits per heavy atom. The molecule has 3 atom stereocenters. The van der Waals surface area contributed by atoms with Gasteiger partial charge in [0.1, 0.15) is 11.8 Å². The molecule has 0 saturated carbocycles. The molecule has 132 valence electrons. The van der Waals surface area contributed by atoms with E-state index in [0.29, 0.717) is 12.1 Å². The number of fused-ring (bicyclic) bond motifs is 2. The molecule has 2 aliphatic heterocycles. The van der Waals surface area contributed by atoms with Gasteiger partial charge in [-0.2, -0.15) is 0 Å². The Hall–Kier alpha value is -2.27. The molecule has 0 aliphatic carbocycles. The number of rotatable bonds is 3. The molecule has 5 nitrogen and oxygen atoms in total. The summed E-state index contributed by atoms with van der Waals surface area (Å²) in [6.07, 6.45) is 5.15. The minimum absolute atomic E-state index is 0.00815. The van der Waals surface area contributed by atoms with Gasteiger partial charge in [-0.3, -0.25) is 4.90 Å². The Bertz CT molecular complexity index is 701. The Morgan fingerprint density at radius 1 is 1.12 bits per heavy atom. The van der Waals surface area contributed by atoms with Gasteiger partial charge in [-0.25, -0.2) is 4.79 Å². The number of nitrogens with zero attached hydrogens (tertiary/aromatic N) is 2. The van der Waals surface area contributed by atoms with E-state index in [2.05, 4.69) is 17.3 Å². The Labute approximate surface area is 148 Å². The highest BCUT2D eigenvalue weighted by molar-refractivity contribution is 5.75. The summed E-state index contributed by atoms with van der Waals surface area (Å²) in [7, 11) is 2.19. The predicted molar refractivity (Wildman–Crippen MR) is 96.3 cm³/mol. The van der Waals surface area contributed by atoms with Crippen LogP contribution in [0.2, 0.25) is 0 Å². The number of likely N-dealkylation sites (tertiary alicyclic amines) is 1. The molecule has 2 amide bonds. The largest absolute Gasteiger partial charge is 0.467 e. The van der Waals surface area contributed by atoms with Gasteiger partial charge in [-0.15, -0.1) is 0 Å². The Morgan fingerprint density at radius 3 is 2.68 bits per heavy atom. The standard InChI is InChI=1S/C20H25N3O2/c1-22-16-9-10-17(22)14-23(12-11-16)20(24)21-19(18-8-5-13-25-18)15-6-3-2-4-7-15/h2-8,13,16-17,19H,9-12,14H2,1H3,(H,21,24)/t16-,17-,19-/m0/s1. The number of carbonyl (C=O) groups is 1. The first-order valence-corrected chi connectivity index (χ1v) is 9.08. The minimum atomic E-state index is -0.262. The fourth-order valence-corrected chi connectivity index (χ4v) is 4.13. The second kappa shape index (κ2) is 6.92. The van der Waals surface area contributed by atoms with Crippen molar-refractivity contribution >= 4 is 6.03 Å². The van der Waals surface area contributed by atoms with Crippen molar-refractivity contribution in [2.75, 3.05) is 20.1 Å². The fraction of sp³-hybridized carbons (Fsp3) is 0.450. The lowest BCUT2D eigenvalue weighted by Crippen LogP contribution is -2.46. The summed E-state index contributed by atoms with van der Waals surface area (Å²) in [5.41, 5.74) is 1.03. The zero-order chi connectivity index (χ0) is 17.2. The third kappa shape index (κ3) is 3.29. The molecule has 2 fully saturated rings. The van der Waals surface area contributed by atoms with Crippen molar-refractivity contribution in [1.29, 1.82) is 0 Å². The van der Waals surface area contributed by atoms with Gasteiger partial charge in [0, 0.05) is 25.2 Å². The molecule has 1 aromatic carbocycles. The van der Waals surface area contributed by atoms with Crippen LogP contribution in [0.3, 0.4) is 0 Å². The zero-order valence-corrected chi connectivity index (χ0v) is 14.6. The van der Waals surface area contributed by atoms with Crippen LogP contribution in [-0.2, 0) is 0 Å². The normalized spacial score (nSPS) is 24.8. The van der Waals surface area contributed by atoms with Crippen molar-refractivity contribution in [3.8, 4) is 0 Å². The average Bonchev–Trinajstić information content (AvgIpc) is 3.22. The van der Waals surface area contributed by atoms with Gasteiger partial charge in [0.15, 0.2) is 0 Å². The molecular weight excluding hydrogens is 314 g/mol. The summed E-state index contributed by atoms with van der Waals surface area (Å²) in [4.78, 5) is 17.4. The highest BCUT2D eigenvalue weighted by atomic mass is 16.3. The molecule has 2 saturated heterocycles. The van der Waals surface area contributed by atoms with Crippen molar-refractivity contribution in [3.63, 3.8) is 0 Å². The molecule has 0 unspecified atom stereocenters. The second-order valence-electron chi connectivity index (χ2n) is 7.09. The van der Waals surface area contributed by atoms with E-state index in [4.69, 9.17) is 4.42 Å². The van der Waals surface area contributed by atoms with Crippen LogP contribution in [0.15, 0.2) is 53.1 Å². The third-order valence-electron chi connectivity index (χ3n) is 5.66. The van der Waals surface area contributed by atoms with Crippen molar-refractivity contribution in [2.45, 2.75) is 37.4 Å². The SMILES string of the molecule is CN1[C@H]2CC[C@H]1CN(C(=O)N[C@@H](c1ccccc1)c1ccco1)CC2. The van der Waals surface area contributed by atoms with E-state index in [0.717, 1.165) is 30.8 Å². The highest BCUT2D eigenvalue weighted by Crippen LogP contribution is 2.29. The van der Waals surface area contributed by atoms with E-state index in [9.17, 15) is 4.79 Å². The van der Waals surface area contributed by atoms with Crippen molar-refractivity contribution in [3.05, 3.63) is 60.1 Å². The van der Waals surface area contributed by atoms with Crippen LogP contribution in [-0.4, -0.2) is 48.1 Å². The number of urea groups is 1. The van der Waals surface area contributed by atoms with Crippen molar-refractivity contribution in [1.82, 2.24) is 15.1 Å². The van der Waals surface area contributed by atoms with Gasteiger partial charge < -0.3 is 14.6 Å². The molecule has 2 aliphatic rings. The van der Waals surface area contributed by atoms with Crippen LogP contribution in [0.1, 0.15) is 36.6 Å². The van der Waals surface area contributed by atoms with Gasteiger partial charge in [0.25, 0.3) is 0 Å². The van der Waals surface area contributed by atoms with E-state index >= 15 is 0 Å². The lowest BCUT2D eigenvalue weighted by Gasteiger charge is -2.28. The van der Waals surface area contributed by atoms with Gasteiger partial charge in [-0.05, 0) is 44.0 Å². The lowest BCUT2D eigenvalue weighted by molar-refractivity contribution is 0.185. The first kappa shape index (κ1) is 16.2. The number of hydrogen-bond acceptors (Lipinski definition) is 3. The first-order valence-electron chi connectivity index (χ1n) is 9.08. The number of amides is 2. The monoisotopic (exact) mass is 339 g/mol. The predicted octanol–water partition coefficient (Wildman–Crippen LogP) is 3.25. The van der Waals surface area contributed by atoms with Crippen LogP contribution in [0.25, 0.3) is 0 Å². The smallest absolute Gasteiger partial charge is 0.318 e. The number of likely N-dealkylation sites (N-methyl/N-ethyl adjacent to an activating group) is 1. The zero-order valence-electron chi connectivity index (χ0n) is 14.6. The topological polar surface area (TPSA) is 48.7 Å². The summed E-state index contributed by atoms with van der Waals surface area (Å²) in [6.45, 7) is 1.62. The molecule has 5 heteroatoms. The molecule has 1 aromatic heterocycles. The second-order valence-corrected chi connectivity index (χ2v) is 7.09. The molecule has 4 rings (SSSR count). The lowest BCUT2D eigenvalue weighted by atomic mass is 10.0.